The monoisotopic (exact) mass is 326 g/mol. The van der Waals surface area contributed by atoms with E-state index in [0.717, 1.165) is 18.7 Å². The van der Waals surface area contributed by atoms with E-state index < -0.39 is 0 Å². The number of piperidine rings is 1. The van der Waals surface area contributed by atoms with Crippen molar-refractivity contribution in [3.05, 3.63) is 22.7 Å². The van der Waals surface area contributed by atoms with E-state index in [1.54, 1.807) is 14.2 Å². The third kappa shape index (κ3) is 3.67. The van der Waals surface area contributed by atoms with Gasteiger partial charge >= 0.3 is 0 Å². The van der Waals surface area contributed by atoms with E-state index in [9.17, 15) is 0 Å². The molecule has 1 fully saturated rings. The number of nitrogens with two attached hydrogens (primary N) is 1. The molecule has 0 radical (unpaired) electrons. The lowest BCUT2D eigenvalue weighted by molar-refractivity contribution is 0.0983. The lowest BCUT2D eigenvalue weighted by Gasteiger charge is -2.40. The van der Waals surface area contributed by atoms with Crippen LogP contribution in [-0.2, 0) is 0 Å². The summed E-state index contributed by atoms with van der Waals surface area (Å²) in [4.78, 5) is 2.47. The van der Waals surface area contributed by atoms with E-state index in [4.69, 9.17) is 26.8 Å². The predicted molar refractivity (Wildman–Crippen MR) is 90.9 cm³/mol. The van der Waals surface area contributed by atoms with Crippen LogP contribution in [0.15, 0.2) is 12.1 Å². The van der Waals surface area contributed by atoms with Crippen LogP contribution in [0, 0.1) is 11.8 Å². The Labute approximate surface area is 138 Å². The van der Waals surface area contributed by atoms with Crippen molar-refractivity contribution in [2.24, 2.45) is 17.6 Å². The Morgan fingerprint density at radius 3 is 2.36 bits per heavy atom. The minimum Gasteiger partial charge on any atom is -0.493 e. The smallest absolute Gasteiger partial charge is 0.179 e. The first-order chi connectivity index (χ1) is 10.5. The van der Waals surface area contributed by atoms with Crippen LogP contribution in [-0.4, -0.2) is 38.8 Å². The number of ether oxygens (including phenoxy) is 2. The lowest BCUT2D eigenvalue weighted by atomic mass is 9.89. The van der Waals surface area contributed by atoms with E-state index in [1.165, 1.54) is 6.42 Å². The number of methoxy groups -OCH3 is 2. The van der Waals surface area contributed by atoms with Gasteiger partial charge in [0.1, 0.15) is 0 Å². The number of rotatable bonds is 5. The highest BCUT2D eigenvalue weighted by atomic mass is 35.5. The van der Waals surface area contributed by atoms with Crippen molar-refractivity contribution in [2.45, 2.75) is 26.3 Å². The van der Waals surface area contributed by atoms with Crippen molar-refractivity contribution in [3.8, 4) is 11.5 Å². The molecule has 1 heterocycles. The van der Waals surface area contributed by atoms with Crippen LogP contribution in [0.2, 0.25) is 5.02 Å². The Bertz CT molecular complexity index is 500. The average Bonchev–Trinajstić information content (AvgIpc) is 2.46. The largest absolute Gasteiger partial charge is 0.493 e. The fraction of sp³-hybridized carbons (Fsp3) is 0.647. The Hall–Kier alpha value is -0.970. The first-order valence-electron chi connectivity index (χ1n) is 7.85. The average molecular weight is 327 g/mol. The lowest BCUT2D eigenvalue weighted by Crippen LogP contribution is -2.43. The Balaban J connectivity index is 2.32. The van der Waals surface area contributed by atoms with Crippen LogP contribution in [0.4, 0.5) is 0 Å². The molecule has 4 nitrogen and oxygen atoms in total. The molecule has 0 aromatic heterocycles. The van der Waals surface area contributed by atoms with Crippen molar-refractivity contribution in [1.29, 1.82) is 0 Å². The maximum absolute atomic E-state index is 6.35. The van der Waals surface area contributed by atoms with Gasteiger partial charge in [0.05, 0.1) is 19.2 Å². The molecular formula is C17H27ClN2O2. The maximum atomic E-state index is 6.35. The van der Waals surface area contributed by atoms with Gasteiger partial charge in [0.25, 0.3) is 0 Å². The van der Waals surface area contributed by atoms with E-state index in [-0.39, 0.29) is 6.04 Å². The van der Waals surface area contributed by atoms with Crippen LogP contribution >= 0.6 is 11.6 Å². The molecule has 3 unspecified atom stereocenters. The van der Waals surface area contributed by atoms with Crippen molar-refractivity contribution < 1.29 is 9.47 Å². The van der Waals surface area contributed by atoms with Gasteiger partial charge in [0.15, 0.2) is 11.5 Å². The molecule has 1 aromatic rings. The summed E-state index contributed by atoms with van der Waals surface area (Å²) in [5.74, 6) is 2.60. The van der Waals surface area contributed by atoms with Crippen molar-refractivity contribution in [3.63, 3.8) is 0 Å². The molecule has 0 saturated carbocycles. The summed E-state index contributed by atoms with van der Waals surface area (Å²) in [6.07, 6.45) is 1.28. The molecule has 1 aliphatic rings. The highest BCUT2D eigenvalue weighted by Gasteiger charge is 2.28. The molecule has 0 spiro atoms. The van der Waals surface area contributed by atoms with Gasteiger partial charge < -0.3 is 15.2 Å². The quantitative estimate of drug-likeness (QED) is 0.901. The van der Waals surface area contributed by atoms with Gasteiger partial charge in [0.2, 0.25) is 0 Å². The predicted octanol–water partition coefficient (Wildman–Crippen LogP) is 3.33. The number of hydrogen-bond acceptors (Lipinski definition) is 4. The molecule has 0 bridgehead atoms. The normalized spacial score (nSPS) is 24.1. The highest BCUT2D eigenvalue weighted by Crippen LogP contribution is 2.39. The van der Waals surface area contributed by atoms with Crippen LogP contribution in [0.1, 0.15) is 31.9 Å². The maximum Gasteiger partial charge on any atom is 0.179 e. The Morgan fingerprint density at radius 2 is 1.86 bits per heavy atom. The molecule has 3 atom stereocenters. The summed E-state index contributed by atoms with van der Waals surface area (Å²) in [5, 5.41) is 0.563. The summed E-state index contributed by atoms with van der Waals surface area (Å²) < 4.78 is 10.7. The van der Waals surface area contributed by atoms with Gasteiger partial charge in [-0.2, -0.15) is 0 Å². The van der Waals surface area contributed by atoms with Crippen LogP contribution < -0.4 is 15.2 Å². The zero-order valence-electron chi connectivity index (χ0n) is 13.9. The SMILES string of the molecule is COc1cc(C(CN)N2CC(C)CC(C)C2)cc(Cl)c1OC. The van der Waals surface area contributed by atoms with Crippen molar-refractivity contribution in [1.82, 2.24) is 4.90 Å². The molecule has 0 amide bonds. The Morgan fingerprint density at radius 1 is 1.23 bits per heavy atom. The molecule has 22 heavy (non-hydrogen) atoms. The standard InChI is InChI=1S/C17H27ClN2O2/c1-11-5-12(2)10-20(9-11)15(8-19)13-6-14(18)17(22-4)16(7-13)21-3/h6-7,11-12,15H,5,8-10,19H2,1-4H3. The second-order valence-corrected chi connectivity index (χ2v) is 6.80. The number of benzene rings is 1. The molecule has 5 heteroatoms. The fourth-order valence-corrected chi connectivity index (χ4v) is 3.89. The third-order valence-electron chi connectivity index (χ3n) is 4.40. The second kappa shape index (κ2) is 7.53. The van der Waals surface area contributed by atoms with Gasteiger partial charge in [-0.15, -0.1) is 0 Å². The molecule has 2 N–H and O–H groups in total. The fourth-order valence-electron chi connectivity index (χ4n) is 3.59. The van der Waals surface area contributed by atoms with Gasteiger partial charge in [-0.3, -0.25) is 4.90 Å². The zero-order chi connectivity index (χ0) is 16.3. The van der Waals surface area contributed by atoms with Gasteiger partial charge in [-0.1, -0.05) is 25.4 Å². The summed E-state index contributed by atoms with van der Waals surface area (Å²) in [5.41, 5.74) is 7.17. The second-order valence-electron chi connectivity index (χ2n) is 6.39. The van der Waals surface area contributed by atoms with Crippen molar-refractivity contribution in [2.75, 3.05) is 33.9 Å². The minimum atomic E-state index is 0.155. The van der Waals surface area contributed by atoms with Crippen LogP contribution in [0.25, 0.3) is 0 Å². The number of nitrogens with zero attached hydrogens (tertiary/aromatic N) is 1. The van der Waals surface area contributed by atoms with Crippen LogP contribution in [0.5, 0.6) is 11.5 Å². The van der Waals surface area contributed by atoms with Gasteiger partial charge in [-0.25, -0.2) is 0 Å². The van der Waals surface area contributed by atoms with E-state index in [1.807, 2.05) is 12.1 Å². The van der Waals surface area contributed by atoms with E-state index in [0.29, 0.717) is 34.9 Å². The number of hydrogen-bond donors (Lipinski definition) is 1. The Kier molecular flexibility index (Phi) is 5.95. The summed E-state index contributed by atoms with van der Waals surface area (Å²) in [7, 11) is 3.22. The summed E-state index contributed by atoms with van der Waals surface area (Å²) in [6, 6.07) is 4.10. The molecule has 1 saturated heterocycles. The van der Waals surface area contributed by atoms with E-state index >= 15 is 0 Å². The summed E-state index contributed by atoms with van der Waals surface area (Å²) in [6.45, 7) is 7.30. The van der Waals surface area contributed by atoms with Crippen LogP contribution in [0.3, 0.4) is 0 Å². The van der Waals surface area contributed by atoms with Gasteiger partial charge in [-0.05, 0) is 36.0 Å². The molecule has 0 aliphatic carbocycles. The molecule has 1 aliphatic heterocycles. The highest BCUT2D eigenvalue weighted by molar-refractivity contribution is 6.32. The van der Waals surface area contributed by atoms with Crippen molar-refractivity contribution >= 4 is 11.6 Å². The topological polar surface area (TPSA) is 47.7 Å². The zero-order valence-corrected chi connectivity index (χ0v) is 14.7. The first kappa shape index (κ1) is 17.4. The minimum absolute atomic E-state index is 0.155. The number of halogens is 1. The number of likely N-dealkylation sites (tertiary alicyclic amines) is 1. The molecule has 124 valence electrons. The van der Waals surface area contributed by atoms with E-state index in [2.05, 4.69) is 18.7 Å². The molecule has 1 aromatic carbocycles. The molecule has 2 rings (SSSR count). The first-order valence-corrected chi connectivity index (χ1v) is 8.23. The third-order valence-corrected chi connectivity index (χ3v) is 4.68. The molecular weight excluding hydrogens is 300 g/mol. The van der Waals surface area contributed by atoms with Gasteiger partial charge in [0, 0.05) is 25.7 Å². The summed E-state index contributed by atoms with van der Waals surface area (Å²) >= 11 is 6.35.